The lowest BCUT2D eigenvalue weighted by Crippen LogP contribution is -2.53. The Labute approximate surface area is 205 Å². The van der Waals surface area contributed by atoms with Gasteiger partial charge in [-0.05, 0) is 42.0 Å². The van der Waals surface area contributed by atoms with Crippen molar-refractivity contribution in [2.24, 2.45) is 5.92 Å². The number of amides is 2. The van der Waals surface area contributed by atoms with Gasteiger partial charge in [-0.2, -0.15) is 0 Å². The number of carboxylic acids is 1. The minimum absolute atomic E-state index is 0.0239. The van der Waals surface area contributed by atoms with Gasteiger partial charge in [-0.3, -0.25) is 9.59 Å². The summed E-state index contributed by atoms with van der Waals surface area (Å²) in [6.45, 7) is 2.68. The van der Waals surface area contributed by atoms with Gasteiger partial charge in [-0.25, -0.2) is 4.79 Å². The number of carbonyl (C=O) groups excluding carboxylic acids is 2. The minimum atomic E-state index is -0.888. The van der Waals surface area contributed by atoms with E-state index in [1.807, 2.05) is 24.3 Å². The number of aliphatic carboxylic acids is 1. The van der Waals surface area contributed by atoms with Crippen molar-refractivity contribution in [2.75, 3.05) is 26.8 Å². The van der Waals surface area contributed by atoms with E-state index in [1.165, 1.54) is 7.11 Å². The number of fused-ring (bicyclic) bond motifs is 3. The number of alkyl carbamates (subject to hydrolysis) is 1. The topological polar surface area (TPSA) is 105 Å². The predicted molar refractivity (Wildman–Crippen MR) is 130 cm³/mol. The average Bonchev–Trinajstić information content (AvgIpc) is 3.18. The molecule has 2 amide bonds. The zero-order valence-electron chi connectivity index (χ0n) is 20.1. The van der Waals surface area contributed by atoms with Gasteiger partial charge in [0.15, 0.2) is 0 Å². The van der Waals surface area contributed by atoms with E-state index in [0.29, 0.717) is 19.4 Å². The molecular weight excluding hydrogens is 448 g/mol. The van der Waals surface area contributed by atoms with E-state index in [0.717, 1.165) is 22.3 Å². The summed E-state index contributed by atoms with van der Waals surface area (Å²) in [6, 6.07) is 15.9. The summed E-state index contributed by atoms with van der Waals surface area (Å²) in [7, 11) is 1.44. The fourth-order valence-corrected chi connectivity index (χ4v) is 5.27. The highest BCUT2D eigenvalue weighted by Crippen LogP contribution is 2.44. The zero-order chi connectivity index (χ0) is 24.9. The van der Waals surface area contributed by atoms with Crippen LogP contribution >= 0.6 is 0 Å². The second-order valence-corrected chi connectivity index (χ2v) is 9.12. The van der Waals surface area contributed by atoms with Gasteiger partial charge in [-0.15, -0.1) is 0 Å². The first-order chi connectivity index (χ1) is 16.9. The number of rotatable bonds is 8. The van der Waals surface area contributed by atoms with Crippen molar-refractivity contribution < 1.29 is 29.0 Å². The Morgan fingerprint density at radius 1 is 1.09 bits per heavy atom. The number of nitrogens with one attached hydrogen (secondary N) is 1. The van der Waals surface area contributed by atoms with Crippen LogP contribution in [0.15, 0.2) is 48.5 Å². The maximum atomic E-state index is 13.0. The standard InChI is InChI=1S/C27H32N2O6/c1-17-18(26(31)32)12-7-15-29(17)25(30)24(34-2)13-14-28-27(33)35-16-23-21-10-5-3-8-19(21)20-9-4-6-11-22(20)23/h3-6,8-11,17-18,23-24H,7,12-16H2,1-2H3,(H,28,33)(H,31,32)/t17-,18-,24?/m1/s1. The van der Waals surface area contributed by atoms with E-state index in [9.17, 15) is 19.5 Å². The number of benzene rings is 2. The number of carbonyl (C=O) groups is 3. The molecule has 0 aromatic heterocycles. The average molecular weight is 481 g/mol. The summed E-state index contributed by atoms with van der Waals surface area (Å²) in [5.41, 5.74) is 4.61. The molecule has 1 fully saturated rings. The molecular formula is C27H32N2O6. The molecule has 1 saturated heterocycles. The molecule has 4 rings (SSSR count). The summed E-state index contributed by atoms with van der Waals surface area (Å²) in [4.78, 5) is 38.5. The molecule has 8 heteroatoms. The van der Waals surface area contributed by atoms with Crippen molar-refractivity contribution in [2.45, 2.75) is 44.2 Å². The first-order valence-electron chi connectivity index (χ1n) is 12.1. The molecule has 0 saturated carbocycles. The van der Waals surface area contributed by atoms with Crippen LogP contribution in [-0.4, -0.2) is 66.9 Å². The molecule has 8 nitrogen and oxygen atoms in total. The van der Waals surface area contributed by atoms with Crippen LogP contribution in [0, 0.1) is 5.92 Å². The number of carboxylic acid groups (broad SMARTS) is 1. The van der Waals surface area contributed by atoms with Crippen LogP contribution in [0.5, 0.6) is 0 Å². The summed E-state index contributed by atoms with van der Waals surface area (Å²) in [5, 5.41) is 12.1. The summed E-state index contributed by atoms with van der Waals surface area (Å²) in [6.07, 6.45) is 0.147. The van der Waals surface area contributed by atoms with E-state index in [1.54, 1.807) is 11.8 Å². The molecule has 1 aliphatic heterocycles. The van der Waals surface area contributed by atoms with Crippen molar-refractivity contribution in [3.05, 3.63) is 59.7 Å². The Balaban J connectivity index is 1.28. The first-order valence-corrected chi connectivity index (χ1v) is 12.1. The number of hydrogen-bond donors (Lipinski definition) is 2. The van der Waals surface area contributed by atoms with E-state index >= 15 is 0 Å². The van der Waals surface area contributed by atoms with Gasteiger partial charge < -0.3 is 24.8 Å². The number of nitrogens with zero attached hydrogens (tertiary/aromatic N) is 1. The molecule has 1 aliphatic carbocycles. The second-order valence-electron chi connectivity index (χ2n) is 9.12. The van der Waals surface area contributed by atoms with Crippen molar-refractivity contribution in [3.8, 4) is 11.1 Å². The number of likely N-dealkylation sites (tertiary alicyclic amines) is 1. The predicted octanol–water partition coefficient (Wildman–Crippen LogP) is 3.64. The van der Waals surface area contributed by atoms with E-state index in [4.69, 9.17) is 9.47 Å². The molecule has 2 aromatic carbocycles. The van der Waals surface area contributed by atoms with E-state index in [2.05, 4.69) is 29.6 Å². The lowest BCUT2D eigenvalue weighted by molar-refractivity contribution is -0.153. The van der Waals surface area contributed by atoms with Crippen molar-refractivity contribution in [1.82, 2.24) is 10.2 Å². The Morgan fingerprint density at radius 2 is 1.71 bits per heavy atom. The van der Waals surface area contributed by atoms with Gasteiger partial charge in [0, 0.05) is 38.6 Å². The van der Waals surface area contributed by atoms with Gasteiger partial charge in [0.25, 0.3) is 5.91 Å². The third kappa shape index (κ3) is 5.17. The molecule has 1 unspecified atom stereocenters. The number of hydrogen-bond acceptors (Lipinski definition) is 5. The Hall–Kier alpha value is -3.39. The summed E-state index contributed by atoms with van der Waals surface area (Å²) in [5.74, 6) is -1.74. The van der Waals surface area contributed by atoms with Gasteiger partial charge in [-0.1, -0.05) is 48.5 Å². The van der Waals surface area contributed by atoms with E-state index in [-0.39, 0.29) is 31.4 Å². The highest BCUT2D eigenvalue weighted by atomic mass is 16.5. The number of methoxy groups -OCH3 is 1. The Morgan fingerprint density at radius 3 is 2.31 bits per heavy atom. The van der Waals surface area contributed by atoms with Crippen LogP contribution < -0.4 is 5.32 Å². The van der Waals surface area contributed by atoms with Crippen LogP contribution in [0.4, 0.5) is 4.79 Å². The molecule has 1 heterocycles. The third-order valence-electron chi connectivity index (χ3n) is 7.17. The molecule has 0 bridgehead atoms. The normalized spacial score (nSPS) is 20.0. The highest BCUT2D eigenvalue weighted by molar-refractivity contribution is 5.83. The van der Waals surface area contributed by atoms with Crippen molar-refractivity contribution in [1.29, 1.82) is 0 Å². The van der Waals surface area contributed by atoms with Crippen LogP contribution in [-0.2, 0) is 19.1 Å². The summed E-state index contributed by atoms with van der Waals surface area (Å²) < 4.78 is 10.9. The largest absolute Gasteiger partial charge is 0.481 e. The van der Waals surface area contributed by atoms with Crippen LogP contribution in [0.2, 0.25) is 0 Å². The fourth-order valence-electron chi connectivity index (χ4n) is 5.27. The molecule has 2 aromatic rings. The van der Waals surface area contributed by atoms with Crippen LogP contribution in [0.3, 0.4) is 0 Å². The molecule has 3 atom stereocenters. The lowest BCUT2D eigenvalue weighted by Gasteiger charge is -2.39. The second kappa shape index (κ2) is 10.9. The monoisotopic (exact) mass is 480 g/mol. The molecule has 186 valence electrons. The summed E-state index contributed by atoms with van der Waals surface area (Å²) >= 11 is 0. The first kappa shape index (κ1) is 24.7. The van der Waals surface area contributed by atoms with Gasteiger partial charge in [0.1, 0.15) is 12.7 Å². The minimum Gasteiger partial charge on any atom is -0.481 e. The molecule has 0 spiro atoms. The highest BCUT2D eigenvalue weighted by Gasteiger charge is 2.37. The number of piperidine rings is 1. The van der Waals surface area contributed by atoms with Gasteiger partial charge >= 0.3 is 12.1 Å². The number of ether oxygens (including phenoxy) is 2. The quantitative estimate of drug-likeness (QED) is 0.598. The van der Waals surface area contributed by atoms with E-state index < -0.39 is 30.1 Å². The zero-order valence-corrected chi connectivity index (χ0v) is 20.1. The maximum absolute atomic E-state index is 13.0. The Kier molecular flexibility index (Phi) is 7.70. The molecule has 2 aliphatic rings. The maximum Gasteiger partial charge on any atom is 0.407 e. The molecule has 0 radical (unpaired) electrons. The van der Waals surface area contributed by atoms with Crippen molar-refractivity contribution in [3.63, 3.8) is 0 Å². The molecule has 2 N–H and O–H groups in total. The SMILES string of the molecule is COC(CCNC(=O)OCC1c2ccccc2-c2ccccc21)C(=O)N1CCC[C@@H](C(=O)O)[C@H]1C. The smallest absolute Gasteiger partial charge is 0.407 e. The fraction of sp³-hybridized carbons (Fsp3) is 0.444. The third-order valence-corrected chi connectivity index (χ3v) is 7.17. The van der Waals surface area contributed by atoms with Crippen LogP contribution in [0.25, 0.3) is 11.1 Å². The van der Waals surface area contributed by atoms with Crippen molar-refractivity contribution >= 4 is 18.0 Å². The van der Waals surface area contributed by atoms with Gasteiger partial charge in [0.2, 0.25) is 0 Å². The van der Waals surface area contributed by atoms with Gasteiger partial charge in [0.05, 0.1) is 5.92 Å². The molecule has 35 heavy (non-hydrogen) atoms. The van der Waals surface area contributed by atoms with Crippen LogP contribution in [0.1, 0.15) is 43.2 Å². The Bertz CT molecular complexity index is 1040. The lowest BCUT2D eigenvalue weighted by atomic mass is 9.90.